The summed E-state index contributed by atoms with van der Waals surface area (Å²) in [7, 11) is 0. The highest BCUT2D eigenvalue weighted by Gasteiger charge is 2.26. The van der Waals surface area contributed by atoms with Crippen molar-refractivity contribution in [2.75, 3.05) is 72.3 Å². The molecule has 4 aromatic heterocycles. The first-order valence-electron chi connectivity index (χ1n) is 23.2. The van der Waals surface area contributed by atoms with E-state index < -0.39 is 23.8 Å². The highest BCUT2D eigenvalue weighted by atomic mass is 19.1. The third-order valence-corrected chi connectivity index (χ3v) is 13.4. The van der Waals surface area contributed by atoms with E-state index in [-0.39, 0.29) is 23.6 Å². The van der Waals surface area contributed by atoms with Crippen molar-refractivity contribution in [2.24, 2.45) is 0 Å². The van der Waals surface area contributed by atoms with Crippen molar-refractivity contribution in [1.82, 2.24) is 19.9 Å². The summed E-state index contributed by atoms with van der Waals surface area (Å²) < 4.78 is 52.2. The van der Waals surface area contributed by atoms with Gasteiger partial charge in [0.1, 0.15) is 23.8 Å². The summed E-state index contributed by atoms with van der Waals surface area (Å²) in [6.45, 7) is 12.2. The number of anilines is 6. The number of rotatable bonds is 6. The summed E-state index contributed by atoms with van der Waals surface area (Å²) in [6.07, 6.45) is 9.52. The molecule has 8 heterocycles. The van der Waals surface area contributed by atoms with Crippen molar-refractivity contribution in [1.29, 1.82) is 0 Å². The highest BCUT2D eigenvalue weighted by molar-refractivity contribution is 6.01. The zero-order valence-electron chi connectivity index (χ0n) is 38.6. The summed E-state index contributed by atoms with van der Waals surface area (Å²) in [6, 6.07) is 6.78. The maximum atomic E-state index is 15.4. The van der Waals surface area contributed by atoms with Gasteiger partial charge in [0, 0.05) is 108 Å². The molecule has 2 atom stereocenters. The summed E-state index contributed by atoms with van der Waals surface area (Å²) >= 11 is 0. The van der Waals surface area contributed by atoms with Crippen LogP contribution in [0.5, 0.6) is 0 Å². The minimum Gasteiger partial charge on any atom is -0.446 e. The number of fused-ring (bicyclic) bond motifs is 4. The average Bonchev–Trinajstić information content (AvgIpc) is 3.33. The van der Waals surface area contributed by atoms with E-state index in [0.29, 0.717) is 119 Å². The SMILES string of the molecule is Cc1c(-c2cc3cc(NC(=O)OC4CCOCC4)ncc3c(N)c2F)cnc2c1NCC[C@@H]2C.Cc1c(-c2cc3cc(NC(=O)OC4CCOCC4)ncc3c(N)c2F)cnc2c1NCC[C@H]2C. The Morgan fingerprint density at radius 1 is 0.603 bits per heavy atom. The largest absolute Gasteiger partial charge is 0.446 e. The van der Waals surface area contributed by atoms with E-state index in [0.717, 1.165) is 59.8 Å². The lowest BCUT2D eigenvalue weighted by Crippen LogP contribution is -2.28. The molecule has 4 aliphatic rings. The van der Waals surface area contributed by atoms with Crippen LogP contribution in [0, 0.1) is 25.5 Å². The van der Waals surface area contributed by atoms with E-state index in [1.165, 1.54) is 12.4 Å². The zero-order chi connectivity index (χ0) is 47.6. The quantitative estimate of drug-likeness (QED) is 0.0856. The second-order valence-corrected chi connectivity index (χ2v) is 17.9. The first-order chi connectivity index (χ1) is 32.8. The Labute approximate surface area is 392 Å². The van der Waals surface area contributed by atoms with Gasteiger partial charge < -0.3 is 41.0 Å². The molecule has 0 bridgehead atoms. The number of carbonyl (C=O) groups excluding carboxylic acids is 2. The van der Waals surface area contributed by atoms with Crippen LogP contribution in [0.15, 0.2) is 49.1 Å². The lowest BCUT2D eigenvalue weighted by Gasteiger charge is -2.26. The van der Waals surface area contributed by atoms with Crippen LogP contribution in [-0.2, 0) is 18.9 Å². The molecule has 356 valence electrons. The molecule has 68 heavy (non-hydrogen) atoms. The van der Waals surface area contributed by atoms with Crippen LogP contribution in [0.1, 0.15) is 86.7 Å². The van der Waals surface area contributed by atoms with E-state index >= 15 is 8.78 Å². The van der Waals surface area contributed by atoms with Gasteiger partial charge in [0.05, 0.1) is 60.6 Å². The molecule has 2 aromatic carbocycles. The Morgan fingerprint density at radius 2 is 1.00 bits per heavy atom. The fourth-order valence-electron chi connectivity index (χ4n) is 9.36. The number of ether oxygens (including phenoxy) is 4. The number of carbonyl (C=O) groups is 2. The lowest BCUT2D eigenvalue weighted by atomic mass is 9.91. The molecule has 8 N–H and O–H groups in total. The van der Waals surface area contributed by atoms with Crippen molar-refractivity contribution in [2.45, 2.75) is 90.3 Å². The third kappa shape index (κ3) is 9.47. The molecule has 2 fully saturated rings. The van der Waals surface area contributed by atoms with Crippen LogP contribution in [0.25, 0.3) is 43.8 Å². The molecule has 0 radical (unpaired) electrons. The van der Waals surface area contributed by atoms with Gasteiger partial charge in [-0.3, -0.25) is 20.6 Å². The van der Waals surface area contributed by atoms with Gasteiger partial charge in [-0.25, -0.2) is 28.3 Å². The minimum atomic E-state index is -0.580. The van der Waals surface area contributed by atoms with Crippen LogP contribution in [-0.4, -0.2) is 83.8 Å². The smallest absolute Gasteiger partial charge is 0.413 e. The number of benzene rings is 2. The van der Waals surface area contributed by atoms with Crippen LogP contribution in [0.2, 0.25) is 0 Å². The minimum absolute atomic E-state index is 0.00906. The lowest BCUT2D eigenvalue weighted by molar-refractivity contribution is 0.00537. The van der Waals surface area contributed by atoms with Gasteiger partial charge in [-0.2, -0.15) is 0 Å². The van der Waals surface area contributed by atoms with Crippen LogP contribution < -0.4 is 32.7 Å². The second-order valence-electron chi connectivity index (χ2n) is 17.9. The molecule has 0 spiro atoms. The molecule has 0 saturated carbocycles. The molecule has 2 amide bonds. The monoisotopic (exact) mass is 930 g/mol. The Kier molecular flexibility index (Phi) is 13.4. The van der Waals surface area contributed by atoms with Crippen molar-refractivity contribution < 1.29 is 37.3 Å². The summed E-state index contributed by atoms with van der Waals surface area (Å²) in [5.74, 6) is 0.270. The number of nitrogens with one attached hydrogen (secondary N) is 4. The van der Waals surface area contributed by atoms with Gasteiger partial charge in [0.15, 0.2) is 11.6 Å². The van der Waals surface area contributed by atoms with E-state index in [1.54, 1.807) is 36.7 Å². The number of aromatic nitrogens is 4. The van der Waals surface area contributed by atoms with E-state index in [9.17, 15) is 9.59 Å². The number of hydrogen-bond donors (Lipinski definition) is 6. The van der Waals surface area contributed by atoms with Crippen molar-refractivity contribution in [3.63, 3.8) is 0 Å². The fourth-order valence-corrected chi connectivity index (χ4v) is 9.36. The number of nitrogen functional groups attached to an aromatic ring is 2. The number of nitrogens with two attached hydrogens (primary N) is 2. The van der Waals surface area contributed by atoms with Gasteiger partial charge in [0.25, 0.3) is 0 Å². The first-order valence-corrected chi connectivity index (χ1v) is 23.2. The van der Waals surface area contributed by atoms with E-state index in [1.807, 2.05) is 13.8 Å². The summed E-state index contributed by atoms with van der Waals surface area (Å²) in [4.78, 5) is 42.4. The van der Waals surface area contributed by atoms with E-state index in [2.05, 4.69) is 55.1 Å². The molecule has 6 aromatic rings. The molecular formula is C50H56F2N10O6. The van der Waals surface area contributed by atoms with Crippen LogP contribution in [0.3, 0.4) is 0 Å². The molecular weight excluding hydrogens is 875 g/mol. The maximum Gasteiger partial charge on any atom is 0.413 e. The Balaban J connectivity index is 0.000000170. The van der Waals surface area contributed by atoms with Crippen molar-refractivity contribution >= 4 is 68.1 Å². The van der Waals surface area contributed by atoms with Crippen molar-refractivity contribution in [3.05, 3.63) is 83.2 Å². The van der Waals surface area contributed by atoms with Gasteiger partial charge in [-0.15, -0.1) is 0 Å². The number of amides is 2. The Hall–Kier alpha value is -6.92. The maximum absolute atomic E-state index is 15.4. The van der Waals surface area contributed by atoms with Gasteiger partial charge in [-0.05, 0) is 72.9 Å². The molecule has 2 saturated heterocycles. The predicted molar refractivity (Wildman–Crippen MR) is 259 cm³/mol. The van der Waals surface area contributed by atoms with Crippen LogP contribution >= 0.6 is 0 Å². The Morgan fingerprint density at radius 3 is 1.40 bits per heavy atom. The number of hydrogen-bond acceptors (Lipinski definition) is 14. The van der Waals surface area contributed by atoms with Crippen molar-refractivity contribution in [3.8, 4) is 22.3 Å². The van der Waals surface area contributed by atoms with Gasteiger partial charge in [-0.1, -0.05) is 13.8 Å². The van der Waals surface area contributed by atoms with Crippen LogP contribution in [0.4, 0.5) is 52.8 Å². The first kappa shape index (κ1) is 46.2. The zero-order valence-corrected chi connectivity index (χ0v) is 38.6. The van der Waals surface area contributed by atoms with E-state index in [4.69, 9.17) is 30.4 Å². The molecule has 0 aliphatic carbocycles. The summed E-state index contributed by atoms with van der Waals surface area (Å²) in [5.41, 5.74) is 20.2. The normalized spacial score (nSPS) is 18.3. The highest BCUT2D eigenvalue weighted by Crippen LogP contribution is 2.42. The number of nitrogens with zero attached hydrogens (tertiary/aromatic N) is 4. The second kappa shape index (κ2) is 19.7. The fraction of sp³-hybridized carbons (Fsp3) is 0.400. The van der Waals surface area contributed by atoms with Gasteiger partial charge in [0.2, 0.25) is 0 Å². The molecule has 10 rings (SSSR count). The number of pyridine rings is 4. The summed E-state index contributed by atoms with van der Waals surface area (Å²) in [5, 5.41) is 14.4. The molecule has 18 heteroatoms. The van der Waals surface area contributed by atoms with Gasteiger partial charge >= 0.3 is 12.2 Å². The number of halogens is 2. The standard InChI is InChI=1S/2C25H28FN5O3/c2*1-13-3-6-28-24-14(2)18(11-30-23(13)24)17-9-15-10-20(29-12-19(15)22(27)21(17)26)31-25(32)34-16-4-7-33-8-5-16/h2*9-13,16,28H,3-8,27H2,1-2H3,(H,29,31,32)/t2*13-/m10/s1. The molecule has 4 aliphatic heterocycles. The Bertz CT molecular complexity index is 2710. The third-order valence-electron chi connectivity index (χ3n) is 13.4. The topological polar surface area (TPSA) is 223 Å². The average molecular weight is 931 g/mol. The predicted octanol–water partition coefficient (Wildman–Crippen LogP) is 9.95. The molecule has 16 nitrogen and oxygen atoms in total. The molecule has 0 unspecified atom stereocenters.